The summed E-state index contributed by atoms with van der Waals surface area (Å²) in [4.78, 5) is 11.6. The number of hydrogen-bond acceptors (Lipinski definition) is 3. The Hall–Kier alpha value is -0.666. The Bertz CT molecular complexity index is 577. The molecule has 109 valence electrons. The van der Waals surface area contributed by atoms with E-state index in [2.05, 4.69) is 6.07 Å². The minimum absolute atomic E-state index is 0. The van der Waals surface area contributed by atoms with Gasteiger partial charge in [0.15, 0.2) is 0 Å². The maximum Gasteiger partial charge on any atom is 0.137 e. The summed E-state index contributed by atoms with van der Waals surface area (Å²) in [5, 5.41) is 18.9. The van der Waals surface area contributed by atoms with E-state index in [0.717, 1.165) is 37.7 Å². The molecule has 2 aliphatic carbocycles. The molecule has 0 aromatic heterocycles. The monoisotopic (exact) mass is 360 g/mol. The van der Waals surface area contributed by atoms with Gasteiger partial charge < -0.3 is 10.2 Å². The van der Waals surface area contributed by atoms with Crippen LogP contribution in [0.5, 0.6) is 11.5 Å². The number of Topliss-reactive ketones (excluding diaryl/α,β-unsaturated/α-hetero) is 1. The van der Waals surface area contributed by atoms with Gasteiger partial charge in [0.25, 0.3) is 0 Å². The molecule has 0 saturated heterocycles. The molecule has 2 aliphatic rings. The van der Waals surface area contributed by atoms with Crippen LogP contribution in [-0.4, -0.2) is 16.0 Å². The normalized spacial score (nSPS) is 21.7. The fourth-order valence-electron chi connectivity index (χ4n) is 3.49. The zero-order valence-corrected chi connectivity index (χ0v) is 14.9. The van der Waals surface area contributed by atoms with Crippen molar-refractivity contribution in [3.63, 3.8) is 0 Å². The molecule has 2 N–H and O–H groups in total. The van der Waals surface area contributed by atoms with E-state index in [1.165, 1.54) is 17.2 Å². The van der Waals surface area contributed by atoms with Crippen LogP contribution in [0.3, 0.4) is 0 Å². The van der Waals surface area contributed by atoms with Crippen LogP contribution in [0.2, 0.25) is 0 Å². The summed E-state index contributed by atoms with van der Waals surface area (Å²) >= 11 is 0. The number of benzene rings is 1. The zero-order chi connectivity index (χ0) is 14.1. The third-order valence-electron chi connectivity index (χ3n) is 4.50. The summed E-state index contributed by atoms with van der Waals surface area (Å²) in [6.07, 6.45) is 6.42. The number of rotatable bonds is 2. The van der Waals surface area contributed by atoms with Crippen molar-refractivity contribution >= 4 is 5.78 Å². The Morgan fingerprint density at radius 3 is 2.76 bits per heavy atom. The van der Waals surface area contributed by atoms with Crippen molar-refractivity contribution in [2.75, 3.05) is 0 Å². The average molecular weight is 360 g/mol. The van der Waals surface area contributed by atoms with Gasteiger partial charge in [-0.25, -0.2) is 0 Å². The maximum absolute atomic E-state index is 11.6. The molecule has 1 aromatic carbocycles. The molecule has 0 bridgehead atoms. The first-order valence-electron chi connectivity index (χ1n) is 7.28. The number of ketones is 1. The van der Waals surface area contributed by atoms with Crippen LogP contribution in [0.15, 0.2) is 23.3 Å². The van der Waals surface area contributed by atoms with E-state index in [1.807, 2.05) is 0 Å². The molecule has 4 heteroatoms. The van der Waals surface area contributed by atoms with Crippen LogP contribution >= 0.6 is 0 Å². The smallest absolute Gasteiger partial charge is 0.137 e. The number of phenolic OH excluding ortho intramolecular Hbond substituents is 2. The minimum atomic E-state index is -0.124. The molecule has 3 rings (SSSR count). The molecule has 0 amide bonds. The second-order valence-corrected chi connectivity index (χ2v) is 5.87. The van der Waals surface area contributed by atoms with Crippen molar-refractivity contribution in [2.45, 2.75) is 44.9 Å². The van der Waals surface area contributed by atoms with E-state index in [4.69, 9.17) is 0 Å². The van der Waals surface area contributed by atoms with Crippen molar-refractivity contribution in [3.05, 3.63) is 34.9 Å². The molecule has 1 atom stereocenters. The van der Waals surface area contributed by atoms with E-state index in [0.29, 0.717) is 24.5 Å². The van der Waals surface area contributed by atoms with Crippen LogP contribution in [0.25, 0.3) is 0 Å². The molecule has 0 heterocycles. The number of carbonyl (C=O) groups is 1. The number of allylic oxidation sites excluding steroid dienone is 2. The second kappa shape index (κ2) is 7.06. The molecule has 0 fully saturated rings. The van der Waals surface area contributed by atoms with Crippen molar-refractivity contribution in [3.8, 4) is 11.5 Å². The number of phenols is 2. The van der Waals surface area contributed by atoms with Crippen LogP contribution < -0.4 is 0 Å². The van der Waals surface area contributed by atoms with Gasteiger partial charge in [0, 0.05) is 57.0 Å². The van der Waals surface area contributed by atoms with Gasteiger partial charge in [-0.1, -0.05) is 11.1 Å². The number of carbonyl (C=O) groups excluding carboxylic acids is 1. The van der Waals surface area contributed by atoms with Crippen LogP contribution in [0.4, 0.5) is 0 Å². The summed E-state index contributed by atoms with van der Waals surface area (Å²) in [6.45, 7) is 0. The number of hydrogen-bond donors (Lipinski definition) is 2. The van der Waals surface area contributed by atoms with Crippen LogP contribution in [-0.2, 0) is 43.9 Å². The molecule has 0 spiro atoms. The van der Waals surface area contributed by atoms with Gasteiger partial charge in [-0.05, 0) is 38.0 Å². The second-order valence-electron chi connectivity index (χ2n) is 5.87. The Balaban J connectivity index is 0.00000161. The van der Waals surface area contributed by atoms with Crippen molar-refractivity contribution < 1.29 is 47.7 Å². The Morgan fingerprint density at radius 1 is 1.19 bits per heavy atom. The molecule has 1 radical (unpaired) electrons. The predicted molar refractivity (Wildman–Crippen MR) is 75.5 cm³/mol. The Morgan fingerprint density at radius 2 is 2.00 bits per heavy atom. The van der Waals surface area contributed by atoms with Gasteiger partial charge in [0.05, 0.1) is 0 Å². The molecular weight excluding hydrogens is 341 g/mol. The summed E-state index contributed by atoms with van der Waals surface area (Å²) in [7, 11) is 0. The average Bonchev–Trinajstić information content (AvgIpc) is 2.43. The predicted octanol–water partition coefficient (Wildman–Crippen LogP) is 3.29. The number of aromatic hydroxyl groups is 2. The van der Waals surface area contributed by atoms with Gasteiger partial charge in [-0.15, -0.1) is 12.1 Å². The third-order valence-corrected chi connectivity index (χ3v) is 4.50. The molecule has 0 aliphatic heterocycles. The van der Waals surface area contributed by atoms with E-state index in [9.17, 15) is 15.0 Å². The first-order valence-corrected chi connectivity index (χ1v) is 7.28. The van der Waals surface area contributed by atoms with Gasteiger partial charge in [0.2, 0.25) is 0 Å². The molecule has 21 heavy (non-hydrogen) atoms. The standard InChI is InChI=1S/C17H19O3.Y/c18-14-5-6-15-12(2-1-3-13(15)10-14)8-11-4-7-16(19)17(20)9-11;/h7,9,12,19-20H,1-3,5-6,8,10H2;/q-1;. The zero-order valence-electron chi connectivity index (χ0n) is 12.1. The maximum atomic E-state index is 11.6. The van der Waals surface area contributed by atoms with Gasteiger partial charge in [0.1, 0.15) is 5.78 Å². The van der Waals surface area contributed by atoms with Crippen LogP contribution in [0.1, 0.15) is 44.1 Å². The molecule has 3 nitrogen and oxygen atoms in total. The first kappa shape index (κ1) is 16.7. The van der Waals surface area contributed by atoms with Gasteiger partial charge in [-0.2, -0.15) is 11.6 Å². The largest absolute Gasteiger partial charge is 0.562 e. The molecule has 1 aromatic rings. The fraction of sp³-hybridized carbons (Fsp3) is 0.471. The van der Waals surface area contributed by atoms with E-state index < -0.39 is 0 Å². The van der Waals surface area contributed by atoms with Crippen molar-refractivity contribution in [1.29, 1.82) is 0 Å². The molecule has 0 saturated carbocycles. The van der Waals surface area contributed by atoms with E-state index >= 15 is 0 Å². The fourth-order valence-corrected chi connectivity index (χ4v) is 3.49. The van der Waals surface area contributed by atoms with E-state index in [1.54, 1.807) is 6.07 Å². The SMILES string of the molecule is O=C1CCC2=C(CCCC2Cc2[c-]cc(O)c(O)c2)C1.[Y]. The van der Waals surface area contributed by atoms with Crippen molar-refractivity contribution in [1.82, 2.24) is 0 Å². The molecular formula is C17H19O3Y-. The minimum Gasteiger partial charge on any atom is -0.562 e. The van der Waals surface area contributed by atoms with E-state index in [-0.39, 0.29) is 44.2 Å². The summed E-state index contributed by atoms with van der Waals surface area (Å²) in [5.74, 6) is 0.633. The topological polar surface area (TPSA) is 57.5 Å². The Labute approximate surface area is 150 Å². The molecule has 1 unspecified atom stereocenters. The first-order chi connectivity index (χ1) is 9.63. The Kier molecular flexibility index (Phi) is 5.62. The van der Waals surface area contributed by atoms with Crippen molar-refractivity contribution in [2.24, 2.45) is 5.92 Å². The summed E-state index contributed by atoms with van der Waals surface area (Å²) in [6, 6.07) is 6.05. The van der Waals surface area contributed by atoms with Gasteiger partial charge >= 0.3 is 0 Å². The third kappa shape index (κ3) is 3.75. The summed E-state index contributed by atoms with van der Waals surface area (Å²) < 4.78 is 0. The summed E-state index contributed by atoms with van der Waals surface area (Å²) in [5.41, 5.74) is 3.76. The van der Waals surface area contributed by atoms with Gasteiger partial charge in [-0.3, -0.25) is 4.79 Å². The quantitative estimate of drug-likeness (QED) is 0.484. The van der Waals surface area contributed by atoms with Crippen LogP contribution in [0, 0.1) is 12.0 Å².